The maximum absolute atomic E-state index is 12.3. The number of aliphatic hydroxyl groups is 1. The van der Waals surface area contributed by atoms with E-state index in [4.69, 9.17) is 14.6 Å². The molecule has 52 heavy (non-hydrogen) atoms. The van der Waals surface area contributed by atoms with Gasteiger partial charge < -0.3 is 29.9 Å². The molecule has 272 valence electrons. The van der Waals surface area contributed by atoms with E-state index in [9.17, 15) is 24.8 Å². The highest BCUT2D eigenvalue weighted by molar-refractivity contribution is 5.77. The highest BCUT2D eigenvalue weighted by Crippen LogP contribution is 2.39. The average Bonchev–Trinajstić information content (AvgIpc) is 3.17. The lowest BCUT2D eigenvalue weighted by Gasteiger charge is -2.41. The van der Waals surface area contributed by atoms with Crippen molar-refractivity contribution in [3.8, 4) is 11.1 Å². The molecule has 4 aromatic rings. The van der Waals surface area contributed by atoms with Crippen LogP contribution in [-0.2, 0) is 32.2 Å². The van der Waals surface area contributed by atoms with Crippen molar-refractivity contribution >= 4 is 23.3 Å². The number of nitro groups is 1. The Labute approximate surface area is 302 Å². The molecule has 12 heteroatoms. The highest BCUT2D eigenvalue weighted by Gasteiger charge is 2.34. The summed E-state index contributed by atoms with van der Waals surface area (Å²) in [5, 5.41) is 32.4. The molecule has 0 aromatic heterocycles. The smallest absolute Gasteiger partial charge is 0.303 e. The number of carboxylic acids is 1. The predicted molar refractivity (Wildman–Crippen MR) is 195 cm³/mol. The number of ether oxygens (including phenoxy) is 2. The third-order valence-electron chi connectivity index (χ3n) is 9.66. The summed E-state index contributed by atoms with van der Waals surface area (Å²) in [6.07, 6.45) is 0.181. The number of aliphatic hydroxyl groups excluding tert-OH is 1. The topological polar surface area (TPSA) is 155 Å². The second kappa shape index (κ2) is 17.4. The molecular weight excluding hydrogens is 664 g/mol. The molecule has 0 spiro atoms. The predicted octanol–water partition coefficient (Wildman–Crippen LogP) is 5.99. The van der Waals surface area contributed by atoms with Crippen molar-refractivity contribution in [3.05, 3.63) is 129 Å². The molecule has 2 heterocycles. The van der Waals surface area contributed by atoms with Gasteiger partial charge >= 0.3 is 5.97 Å². The van der Waals surface area contributed by atoms with Gasteiger partial charge in [-0.1, -0.05) is 72.8 Å². The Hall–Kier alpha value is -5.14. The van der Waals surface area contributed by atoms with E-state index in [2.05, 4.69) is 15.1 Å². The number of nitro benzene ring substituents is 1. The number of aliphatic carboxylic acids is 1. The summed E-state index contributed by atoms with van der Waals surface area (Å²) in [5.74, 6) is -1.09. The zero-order valence-corrected chi connectivity index (χ0v) is 28.9. The van der Waals surface area contributed by atoms with E-state index in [1.165, 1.54) is 0 Å². The van der Waals surface area contributed by atoms with Crippen molar-refractivity contribution in [2.24, 2.45) is 0 Å². The monoisotopic (exact) mass is 708 g/mol. The number of nitrogens with zero attached hydrogens (tertiary/aromatic N) is 3. The molecule has 0 bridgehead atoms. The molecular formula is C40H44N4O8. The van der Waals surface area contributed by atoms with E-state index in [1.54, 1.807) is 12.1 Å². The van der Waals surface area contributed by atoms with Crippen molar-refractivity contribution in [1.82, 2.24) is 10.2 Å². The molecule has 2 aliphatic heterocycles. The number of piperazine rings is 1. The third-order valence-corrected chi connectivity index (χ3v) is 9.66. The van der Waals surface area contributed by atoms with Gasteiger partial charge in [0.05, 0.1) is 23.7 Å². The van der Waals surface area contributed by atoms with Crippen LogP contribution in [0, 0.1) is 10.1 Å². The molecule has 6 rings (SSSR count). The zero-order chi connectivity index (χ0) is 36.5. The summed E-state index contributed by atoms with van der Waals surface area (Å²) in [6.45, 7) is 4.29. The Kier molecular flexibility index (Phi) is 12.3. The molecule has 2 saturated heterocycles. The fourth-order valence-electron chi connectivity index (χ4n) is 6.75. The number of hydrogen-bond acceptors (Lipinski definition) is 9. The van der Waals surface area contributed by atoms with E-state index in [0.717, 1.165) is 71.8 Å². The van der Waals surface area contributed by atoms with Crippen molar-refractivity contribution in [2.75, 3.05) is 37.6 Å². The van der Waals surface area contributed by atoms with E-state index in [-0.39, 0.29) is 48.2 Å². The molecule has 0 saturated carbocycles. The number of rotatable bonds is 14. The van der Waals surface area contributed by atoms with Gasteiger partial charge in [0.1, 0.15) is 0 Å². The van der Waals surface area contributed by atoms with Crippen LogP contribution in [-0.4, -0.2) is 70.7 Å². The van der Waals surface area contributed by atoms with Gasteiger partial charge in [-0.2, -0.15) is 0 Å². The number of amides is 1. The lowest BCUT2D eigenvalue weighted by atomic mass is 9.97. The van der Waals surface area contributed by atoms with Gasteiger partial charge in [0.15, 0.2) is 6.29 Å². The van der Waals surface area contributed by atoms with Gasteiger partial charge in [0.2, 0.25) is 5.91 Å². The standard InChI is InChI=1S/C40H44N4O8/c45-27-28-8-10-30(11-9-28)37-24-35(26-42-20-22-43(23-21-42)33-16-18-34(19-17-33)44(49)50)51-40(52-37)31-14-12-29(13-15-31)36-5-2-1-4-32(36)25-41-38(46)6-3-7-39(47)48/h1-2,4-5,8-19,35,37,40,45H,3,6-7,20-27H2,(H,41,46)(H,47,48)/t35-,37+,40+/m1/s1. The van der Waals surface area contributed by atoms with Crippen LogP contribution in [0.3, 0.4) is 0 Å². The number of benzene rings is 4. The number of non-ortho nitro benzene ring substituents is 1. The average molecular weight is 709 g/mol. The molecule has 0 unspecified atom stereocenters. The van der Waals surface area contributed by atoms with Crippen molar-refractivity contribution in [2.45, 2.75) is 57.3 Å². The molecule has 2 aliphatic rings. The molecule has 2 fully saturated rings. The molecule has 3 N–H and O–H groups in total. The second-order valence-corrected chi connectivity index (χ2v) is 13.2. The zero-order valence-electron chi connectivity index (χ0n) is 28.9. The van der Waals surface area contributed by atoms with E-state index >= 15 is 0 Å². The van der Waals surface area contributed by atoms with Gasteiger partial charge in [-0.15, -0.1) is 0 Å². The molecule has 4 aromatic carbocycles. The van der Waals surface area contributed by atoms with Crippen LogP contribution in [0.25, 0.3) is 11.1 Å². The first-order valence-corrected chi connectivity index (χ1v) is 17.6. The second-order valence-electron chi connectivity index (χ2n) is 13.2. The van der Waals surface area contributed by atoms with E-state index in [0.29, 0.717) is 19.4 Å². The van der Waals surface area contributed by atoms with Crippen LogP contribution in [0.2, 0.25) is 0 Å². The van der Waals surface area contributed by atoms with Gasteiger partial charge in [-0.05, 0) is 46.4 Å². The number of anilines is 1. The van der Waals surface area contributed by atoms with Crippen molar-refractivity contribution < 1.29 is 34.2 Å². The van der Waals surface area contributed by atoms with Crippen LogP contribution in [0.1, 0.15) is 60.3 Å². The number of carbonyl (C=O) groups excluding carboxylic acids is 1. The van der Waals surface area contributed by atoms with Crippen LogP contribution in [0.4, 0.5) is 11.4 Å². The Balaban J connectivity index is 1.12. The van der Waals surface area contributed by atoms with E-state index in [1.807, 2.05) is 84.9 Å². The van der Waals surface area contributed by atoms with Gasteiger partial charge in [0.25, 0.3) is 5.69 Å². The quantitative estimate of drug-likeness (QED) is 0.105. The maximum Gasteiger partial charge on any atom is 0.303 e. The Morgan fingerprint density at radius 2 is 1.54 bits per heavy atom. The minimum Gasteiger partial charge on any atom is -0.481 e. The Morgan fingerprint density at radius 3 is 2.21 bits per heavy atom. The lowest BCUT2D eigenvalue weighted by molar-refractivity contribution is -0.384. The summed E-state index contributed by atoms with van der Waals surface area (Å²) in [6, 6.07) is 30.5. The minimum atomic E-state index is -0.912. The molecule has 12 nitrogen and oxygen atoms in total. The van der Waals surface area contributed by atoms with Crippen LogP contribution < -0.4 is 10.2 Å². The van der Waals surface area contributed by atoms with Crippen LogP contribution in [0.15, 0.2) is 97.1 Å². The molecule has 3 atom stereocenters. The maximum atomic E-state index is 12.3. The summed E-state index contributed by atoms with van der Waals surface area (Å²) in [7, 11) is 0. The first-order valence-electron chi connectivity index (χ1n) is 17.6. The van der Waals surface area contributed by atoms with Gasteiger partial charge in [-0.3, -0.25) is 24.6 Å². The fraction of sp³-hybridized carbons (Fsp3) is 0.350. The number of nitrogens with one attached hydrogen (secondary N) is 1. The molecule has 1 amide bonds. The number of hydrogen-bond donors (Lipinski definition) is 3. The Morgan fingerprint density at radius 1 is 0.846 bits per heavy atom. The van der Waals surface area contributed by atoms with Crippen LogP contribution >= 0.6 is 0 Å². The van der Waals surface area contributed by atoms with E-state index < -0.39 is 12.3 Å². The summed E-state index contributed by atoms with van der Waals surface area (Å²) in [5.41, 5.74) is 6.72. The number of carboxylic acid groups (broad SMARTS) is 1. The highest BCUT2D eigenvalue weighted by atomic mass is 16.7. The molecule has 0 radical (unpaired) electrons. The first kappa shape index (κ1) is 36.6. The van der Waals surface area contributed by atoms with Gasteiger partial charge in [0, 0.05) is 81.9 Å². The van der Waals surface area contributed by atoms with Crippen molar-refractivity contribution in [3.63, 3.8) is 0 Å². The minimum absolute atomic E-state index is 0.0271. The number of carbonyl (C=O) groups is 2. The van der Waals surface area contributed by atoms with Crippen molar-refractivity contribution in [1.29, 1.82) is 0 Å². The fourth-order valence-corrected chi connectivity index (χ4v) is 6.75. The summed E-state index contributed by atoms with van der Waals surface area (Å²) in [4.78, 5) is 38.4. The van der Waals surface area contributed by atoms with Gasteiger partial charge in [-0.25, -0.2) is 0 Å². The normalized spacial score (nSPS) is 19.2. The first-order chi connectivity index (χ1) is 25.2. The summed E-state index contributed by atoms with van der Waals surface area (Å²) < 4.78 is 13.2. The molecule has 0 aliphatic carbocycles. The summed E-state index contributed by atoms with van der Waals surface area (Å²) >= 11 is 0. The largest absolute Gasteiger partial charge is 0.481 e. The lowest BCUT2D eigenvalue weighted by Crippen LogP contribution is -2.49. The SMILES string of the molecule is O=C(O)CCCC(=O)NCc1ccccc1-c1ccc([C@H]2O[C@@H](CN3CCN(c4ccc([N+](=O)[O-])cc4)CC3)C[C@@H](c3ccc(CO)cc3)O2)cc1. The third kappa shape index (κ3) is 9.59. The van der Waals surface area contributed by atoms with Crippen LogP contribution in [0.5, 0.6) is 0 Å². The Bertz CT molecular complexity index is 1810.